The highest BCUT2D eigenvalue weighted by atomic mass is 32.2. The molecule has 2 N–H and O–H groups in total. The van der Waals surface area contributed by atoms with Crippen LogP contribution in [0.2, 0.25) is 0 Å². The summed E-state index contributed by atoms with van der Waals surface area (Å²) < 4.78 is 2.02. The second kappa shape index (κ2) is 7.80. The number of thiophene rings is 1. The lowest BCUT2D eigenvalue weighted by atomic mass is 9.72. The number of rotatable bonds is 6. The van der Waals surface area contributed by atoms with Gasteiger partial charge < -0.3 is 5.73 Å². The molecule has 0 spiro atoms. The Kier molecular flexibility index (Phi) is 5.82. The van der Waals surface area contributed by atoms with Crippen LogP contribution < -0.4 is 5.73 Å². The average Bonchev–Trinajstić information content (AvgIpc) is 3.17. The van der Waals surface area contributed by atoms with Crippen LogP contribution in [0.4, 0.5) is 0 Å². The molecule has 0 aliphatic heterocycles. The van der Waals surface area contributed by atoms with Crippen LogP contribution in [0.25, 0.3) is 10.7 Å². The molecule has 27 heavy (non-hydrogen) atoms. The van der Waals surface area contributed by atoms with E-state index >= 15 is 0 Å². The van der Waals surface area contributed by atoms with Crippen molar-refractivity contribution in [3.8, 4) is 10.7 Å². The van der Waals surface area contributed by atoms with Gasteiger partial charge in [0.05, 0.1) is 10.1 Å². The number of nitrogens with two attached hydrogens (primary N) is 1. The van der Waals surface area contributed by atoms with E-state index in [1.165, 1.54) is 28.6 Å². The number of fused-ring (bicyclic) bond motifs is 1. The molecule has 0 aromatic carbocycles. The number of allylic oxidation sites excluding steroid dienone is 1. The molecule has 3 rings (SSSR count). The molecule has 1 aliphatic rings. The fourth-order valence-electron chi connectivity index (χ4n) is 3.44. The number of amides is 1. The number of thioether (sulfide) groups is 1. The second-order valence-electron chi connectivity index (χ2n) is 8.23. The highest BCUT2D eigenvalue weighted by molar-refractivity contribution is 8.00. The first-order valence-corrected chi connectivity index (χ1v) is 11.0. The maximum absolute atomic E-state index is 11.4. The van der Waals surface area contributed by atoms with Crippen LogP contribution in [0.15, 0.2) is 23.9 Å². The summed E-state index contributed by atoms with van der Waals surface area (Å²) in [6, 6.07) is 2.29. The van der Waals surface area contributed by atoms with E-state index in [4.69, 9.17) is 5.73 Å². The first-order chi connectivity index (χ1) is 12.7. The maximum atomic E-state index is 11.4. The van der Waals surface area contributed by atoms with Crippen molar-refractivity contribution < 1.29 is 4.79 Å². The van der Waals surface area contributed by atoms with Crippen molar-refractivity contribution in [1.82, 2.24) is 14.8 Å². The molecule has 0 saturated heterocycles. The summed E-state index contributed by atoms with van der Waals surface area (Å²) in [6.45, 7) is 13.2. The second-order valence-corrected chi connectivity index (χ2v) is 10.7. The number of hydrogen-bond donors (Lipinski definition) is 1. The van der Waals surface area contributed by atoms with E-state index in [0.717, 1.165) is 23.5 Å². The number of aryl methyl sites for hydroxylation is 1. The van der Waals surface area contributed by atoms with Crippen molar-refractivity contribution >= 4 is 29.0 Å². The van der Waals surface area contributed by atoms with E-state index in [2.05, 4.69) is 43.6 Å². The third-order valence-electron chi connectivity index (χ3n) is 5.24. The summed E-state index contributed by atoms with van der Waals surface area (Å²) in [5.74, 6) is 1.20. The maximum Gasteiger partial charge on any atom is 0.230 e. The molecule has 1 amide bonds. The minimum atomic E-state index is -0.352. The third-order valence-corrected chi connectivity index (χ3v) is 7.57. The number of carbonyl (C=O) groups is 1. The van der Waals surface area contributed by atoms with Crippen molar-refractivity contribution in [2.24, 2.45) is 17.1 Å². The topological polar surface area (TPSA) is 73.8 Å². The quantitative estimate of drug-likeness (QED) is 0.575. The molecule has 146 valence electrons. The Bertz CT molecular complexity index is 847. The predicted molar refractivity (Wildman–Crippen MR) is 113 cm³/mol. The van der Waals surface area contributed by atoms with Crippen LogP contribution in [-0.2, 0) is 24.2 Å². The van der Waals surface area contributed by atoms with Gasteiger partial charge in [-0.2, -0.15) is 0 Å². The zero-order chi connectivity index (χ0) is 19.8. The van der Waals surface area contributed by atoms with Crippen LogP contribution in [0, 0.1) is 11.3 Å². The number of nitrogens with zero attached hydrogens (tertiary/aromatic N) is 3. The summed E-state index contributed by atoms with van der Waals surface area (Å²) in [6.07, 6.45) is 5.34. The van der Waals surface area contributed by atoms with Gasteiger partial charge >= 0.3 is 0 Å². The average molecular weight is 405 g/mol. The highest BCUT2D eigenvalue weighted by Crippen LogP contribution is 2.42. The Labute approximate surface area is 169 Å². The van der Waals surface area contributed by atoms with Crippen molar-refractivity contribution in [3.63, 3.8) is 0 Å². The van der Waals surface area contributed by atoms with Gasteiger partial charge in [-0.15, -0.1) is 28.1 Å². The Hall–Kier alpha value is -1.60. The monoisotopic (exact) mass is 404 g/mol. The van der Waals surface area contributed by atoms with Crippen LogP contribution in [0.3, 0.4) is 0 Å². The van der Waals surface area contributed by atoms with Crippen LogP contribution in [0.5, 0.6) is 0 Å². The third kappa shape index (κ3) is 4.29. The van der Waals surface area contributed by atoms with Gasteiger partial charge in [-0.25, -0.2) is 0 Å². The summed E-state index contributed by atoms with van der Waals surface area (Å²) >= 11 is 3.17. The molecule has 0 radical (unpaired) electrons. The van der Waals surface area contributed by atoms with E-state index in [-0.39, 0.29) is 11.2 Å². The van der Waals surface area contributed by atoms with Gasteiger partial charge in [-0.05, 0) is 49.1 Å². The lowest BCUT2D eigenvalue weighted by Gasteiger charge is -2.33. The Balaban J connectivity index is 1.91. The van der Waals surface area contributed by atoms with E-state index in [9.17, 15) is 4.79 Å². The number of primary amides is 1. The lowest BCUT2D eigenvalue weighted by Crippen LogP contribution is -2.26. The summed E-state index contributed by atoms with van der Waals surface area (Å²) in [4.78, 5) is 14.0. The molecule has 0 unspecified atom stereocenters. The molecule has 2 aromatic heterocycles. The smallest absolute Gasteiger partial charge is 0.230 e. The van der Waals surface area contributed by atoms with Crippen molar-refractivity contribution in [2.45, 2.75) is 63.9 Å². The molecule has 1 aliphatic carbocycles. The van der Waals surface area contributed by atoms with Gasteiger partial charge in [0.1, 0.15) is 0 Å². The first kappa shape index (κ1) is 20.1. The zero-order valence-corrected chi connectivity index (χ0v) is 18.1. The van der Waals surface area contributed by atoms with Gasteiger partial charge in [0.2, 0.25) is 5.91 Å². The zero-order valence-electron chi connectivity index (χ0n) is 16.5. The molecule has 0 saturated carbocycles. The van der Waals surface area contributed by atoms with E-state index in [0.29, 0.717) is 23.0 Å². The van der Waals surface area contributed by atoms with Gasteiger partial charge in [-0.1, -0.05) is 38.6 Å². The Morgan fingerprint density at radius 3 is 2.89 bits per heavy atom. The van der Waals surface area contributed by atoms with Crippen LogP contribution in [0.1, 0.15) is 44.6 Å². The van der Waals surface area contributed by atoms with Crippen LogP contribution in [-0.4, -0.2) is 25.9 Å². The highest BCUT2D eigenvalue weighted by Gasteiger charge is 2.30. The molecule has 5 nitrogen and oxygen atoms in total. The van der Waals surface area contributed by atoms with Crippen LogP contribution >= 0.6 is 23.1 Å². The molecular formula is C20H28N4OS2. The Morgan fingerprint density at radius 2 is 2.26 bits per heavy atom. The number of hydrogen-bond acceptors (Lipinski definition) is 5. The number of aromatic nitrogens is 3. The SMILES string of the molecule is C=CCn1c(S[C@@H](C)C(N)=O)nnc1-c1cc2c(s1)CC[C@@H](C(C)(C)C)C2. The van der Waals surface area contributed by atoms with Crippen molar-refractivity contribution in [1.29, 1.82) is 0 Å². The fraction of sp³-hybridized carbons (Fsp3) is 0.550. The minimum Gasteiger partial charge on any atom is -0.369 e. The number of carbonyl (C=O) groups excluding carboxylic acids is 1. The lowest BCUT2D eigenvalue weighted by molar-refractivity contribution is -0.117. The molecule has 7 heteroatoms. The summed E-state index contributed by atoms with van der Waals surface area (Å²) in [5.41, 5.74) is 7.19. The molecule has 2 heterocycles. The summed E-state index contributed by atoms with van der Waals surface area (Å²) in [5, 5.41) is 9.10. The Morgan fingerprint density at radius 1 is 1.52 bits per heavy atom. The van der Waals surface area contributed by atoms with E-state index in [1.54, 1.807) is 6.92 Å². The van der Waals surface area contributed by atoms with Gasteiger partial charge in [0.25, 0.3) is 0 Å². The minimum absolute atomic E-state index is 0.331. The molecular weight excluding hydrogens is 376 g/mol. The predicted octanol–water partition coefficient (Wildman–Crippen LogP) is 4.31. The molecule has 2 atom stereocenters. The first-order valence-electron chi connectivity index (χ1n) is 9.32. The van der Waals surface area contributed by atoms with Crippen molar-refractivity contribution in [3.05, 3.63) is 29.2 Å². The van der Waals surface area contributed by atoms with Gasteiger partial charge in [-0.3, -0.25) is 9.36 Å². The normalized spacial score (nSPS) is 18.1. The standard InChI is InChI=1S/C20H28N4OS2/c1-6-9-24-18(22-23-19(24)26-12(2)17(21)25)16-11-13-10-14(20(3,4)5)7-8-15(13)27-16/h6,11-12,14H,1,7-10H2,2-5H3,(H2,21,25)/t12-,14+/m0/s1. The molecule has 0 fully saturated rings. The van der Waals surface area contributed by atoms with Gasteiger partial charge in [0, 0.05) is 11.4 Å². The fourth-order valence-corrected chi connectivity index (χ4v) is 5.45. The van der Waals surface area contributed by atoms with E-state index < -0.39 is 0 Å². The molecule has 0 bridgehead atoms. The van der Waals surface area contributed by atoms with Gasteiger partial charge in [0.15, 0.2) is 11.0 Å². The van der Waals surface area contributed by atoms with Crippen molar-refractivity contribution in [2.75, 3.05) is 0 Å². The largest absolute Gasteiger partial charge is 0.369 e. The summed E-state index contributed by atoms with van der Waals surface area (Å²) in [7, 11) is 0. The van der Waals surface area contributed by atoms with E-state index in [1.807, 2.05) is 22.0 Å². The molecule has 2 aromatic rings.